The van der Waals surface area contributed by atoms with Crippen LogP contribution in [-0.2, 0) is 15.5 Å². The van der Waals surface area contributed by atoms with Crippen molar-refractivity contribution in [2.75, 3.05) is 0 Å². The van der Waals surface area contributed by atoms with E-state index in [1.54, 1.807) is 34.6 Å². The number of halogens is 3. The quantitative estimate of drug-likeness (QED) is 0.744. The van der Waals surface area contributed by atoms with Gasteiger partial charge in [0, 0.05) is 11.7 Å². The van der Waals surface area contributed by atoms with Gasteiger partial charge >= 0.3 is 13.3 Å². The fourth-order valence-corrected chi connectivity index (χ4v) is 1.98. The van der Waals surface area contributed by atoms with E-state index in [1.807, 2.05) is 0 Å². The molecular formula is C13H17BF3NO2. The fourth-order valence-electron chi connectivity index (χ4n) is 1.98. The molecule has 1 aliphatic heterocycles. The third-order valence-electron chi connectivity index (χ3n) is 3.83. The van der Waals surface area contributed by atoms with Gasteiger partial charge in [0.15, 0.2) is 0 Å². The number of hydrogen-bond donors (Lipinski definition) is 0. The fraction of sp³-hybridized carbons (Fsp3) is 0.615. The highest BCUT2D eigenvalue weighted by Crippen LogP contribution is 2.37. The van der Waals surface area contributed by atoms with Gasteiger partial charge in [-0.3, -0.25) is 4.98 Å². The van der Waals surface area contributed by atoms with E-state index in [4.69, 9.17) is 9.31 Å². The van der Waals surface area contributed by atoms with Crippen LogP contribution in [0.15, 0.2) is 12.3 Å². The van der Waals surface area contributed by atoms with Crippen molar-refractivity contribution in [2.24, 2.45) is 0 Å². The van der Waals surface area contributed by atoms with Gasteiger partial charge < -0.3 is 9.31 Å². The van der Waals surface area contributed by atoms with Crippen LogP contribution in [0, 0.1) is 6.92 Å². The lowest BCUT2D eigenvalue weighted by Crippen LogP contribution is -2.41. The molecule has 0 spiro atoms. The van der Waals surface area contributed by atoms with Crippen LogP contribution in [0.4, 0.5) is 13.2 Å². The molecule has 0 radical (unpaired) electrons. The van der Waals surface area contributed by atoms with Crippen LogP contribution in [-0.4, -0.2) is 23.3 Å². The Bertz CT molecular complexity index is 513. The molecular weight excluding hydrogens is 270 g/mol. The standard InChI is InChI=1S/C13H17BF3NO2/c1-8-6-9(10(18-7-8)13(15,16)17)14-19-11(2,3)12(4,5)20-14/h6-7H,1-5H3. The molecule has 2 rings (SSSR count). The minimum absolute atomic E-state index is 0.0730. The zero-order chi connectivity index (χ0) is 15.3. The van der Waals surface area contributed by atoms with Gasteiger partial charge in [0.05, 0.1) is 11.2 Å². The topological polar surface area (TPSA) is 31.4 Å². The maximum atomic E-state index is 13.0. The summed E-state index contributed by atoms with van der Waals surface area (Å²) in [5.74, 6) is 0. The third-order valence-corrected chi connectivity index (χ3v) is 3.83. The molecule has 1 saturated heterocycles. The summed E-state index contributed by atoms with van der Waals surface area (Å²) < 4.78 is 50.5. The number of aryl methyl sites for hydroxylation is 1. The van der Waals surface area contributed by atoms with E-state index < -0.39 is 30.2 Å². The summed E-state index contributed by atoms with van der Waals surface area (Å²) >= 11 is 0. The summed E-state index contributed by atoms with van der Waals surface area (Å²) in [6.45, 7) is 8.86. The zero-order valence-corrected chi connectivity index (χ0v) is 12.1. The molecule has 0 atom stereocenters. The van der Waals surface area contributed by atoms with Gasteiger partial charge in [-0.15, -0.1) is 0 Å². The number of aromatic nitrogens is 1. The van der Waals surface area contributed by atoms with Crippen molar-refractivity contribution in [1.29, 1.82) is 0 Å². The minimum atomic E-state index is -4.54. The second kappa shape index (κ2) is 4.46. The molecule has 1 fully saturated rings. The van der Waals surface area contributed by atoms with E-state index in [-0.39, 0.29) is 5.46 Å². The number of nitrogens with zero attached hydrogens (tertiary/aromatic N) is 1. The molecule has 20 heavy (non-hydrogen) atoms. The van der Waals surface area contributed by atoms with Crippen molar-refractivity contribution >= 4 is 12.6 Å². The first-order valence-corrected chi connectivity index (χ1v) is 6.33. The molecule has 0 N–H and O–H groups in total. The summed E-state index contributed by atoms with van der Waals surface area (Å²) in [6, 6.07) is 1.41. The van der Waals surface area contributed by atoms with Crippen molar-refractivity contribution in [3.8, 4) is 0 Å². The van der Waals surface area contributed by atoms with E-state index >= 15 is 0 Å². The number of pyridine rings is 1. The van der Waals surface area contributed by atoms with Gasteiger partial charge in [-0.1, -0.05) is 6.07 Å². The highest BCUT2D eigenvalue weighted by molar-refractivity contribution is 6.62. The predicted octanol–water partition coefficient (Wildman–Crippen LogP) is 2.71. The number of alkyl halides is 3. The molecule has 0 aliphatic carbocycles. The van der Waals surface area contributed by atoms with Gasteiger partial charge in [-0.2, -0.15) is 13.2 Å². The maximum absolute atomic E-state index is 13.0. The Morgan fingerprint density at radius 2 is 1.60 bits per heavy atom. The molecule has 110 valence electrons. The van der Waals surface area contributed by atoms with E-state index in [1.165, 1.54) is 12.3 Å². The molecule has 1 aromatic rings. The monoisotopic (exact) mass is 287 g/mol. The lowest BCUT2D eigenvalue weighted by molar-refractivity contribution is -0.140. The summed E-state index contributed by atoms with van der Waals surface area (Å²) in [5, 5.41) is 0. The number of rotatable bonds is 1. The molecule has 3 nitrogen and oxygen atoms in total. The molecule has 1 aliphatic rings. The Balaban J connectivity index is 2.47. The van der Waals surface area contributed by atoms with Crippen LogP contribution in [0.1, 0.15) is 39.0 Å². The Labute approximate surface area is 116 Å². The van der Waals surface area contributed by atoms with Gasteiger partial charge in [-0.05, 0) is 40.2 Å². The van der Waals surface area contributed by atoms with Crippen LogP contribution >= 0.6 is 0 Å². The third kappa shape index (κ3) is 2.56. The summed E-state index contributed by atoms with van der Waals surface area (Å²) in [7, 11) is -1.07. The molecule has 0 amide bonds. The average Bonchev–Trinajstić information content (AvgIpc) is 2.46. The van der Waals surface area contributed by atoms with E-state index in [9.17, 15) is 13.2 Å². The van der Waals surface area contributed by atoms with Gasteiger partial charge in [0.1, 0.15) is 5.69 Å². The number of hydrogen-bond acceptors (Lipinski definition) is 3. The zero-order valence-electron chi connectivity index (χ0n) is 12.1. The Morgan fingerprint density at radius 1 is 1.10 bits per heavy atom. The first-order valence-electron chi connectivity index (χ1n) is 6.33. The van der Waals surface area contributed by atoms with E-state index in [0.29, 0.717) is 5.56 Å². The summed E-state index contributed by atoms with van der Waals surface area (Å²) in [4.78, 5) is 3.50. The lowest BCUT2D eigenvalue weighted by atomic mass is 9.77. The second-order valence-corrected chi connectivity index (χ2v) is 6.04. The Kier molecular flexibility index (Phi) is 3.42. The molecule has 0 unspecified atom stereocenters. The Hall–Kier alpha value is -1.08. The van der Waals surface area contributed by atoms with Gasteiger partial charge in [0.2, 0.25) is 0 Å². The average molecular weight is 287 g/mol. The van der Waals surface area contributed by atoms with Crippen molar-refractivity contribution in [3.63, 3.8) is 0 Å². The molecule has 7 heteroatoms. The first kappa shape index (κ1) is 15.3. The normalized spacial score (nSPS) is 21.3. The van der Waals surface area contributed by atoms with E-state index in [2.05, 4.69) is 4.98 Å². The van der Waals surface area contributed by atoms with E-state index in [0.717, 1.165) is 0 Å². The highest BCUT2D eigenvalue weighted by Gasteiger charge is 2.54. The molecule has 2 heterocycles. The molecule has 0 bridgehead atoms. The van der Waals surface area contributed by atoms with Crippen LogP contribution in [0.5, 0.6) is 0 Å². The first-order chi connectivity index (χ1) is 8.94. The van der Waals surface area contributed by atoms with Crippen molar-refractivity contribution in [2.45, 2.75) is 52.0 Å². The van der Waals surface area contributed by atoms with Crippen LogP contribution in [0.3, 0.4) is 0 Å². The summed E-state index contributed by atoms with van der Waals surface area (Å²) in [6.07, 6.45) is -3.34. The molecule has 1 aromatic heterocycles. The minimum Gasteiger partial charge on any atom is -0.399 e. The van der Waals surface area contributed by atoms with Crippen LogP contribution in [0.2, 0.25) is 0 Å². The highest BCUT2D eigenvalue weighted by atomic mass is 19.4. The largest absolute Gasteiger partial charge is 0.497 e. The molecule has 0 saturated carbocycles. The maximum Gasteiger partial charge on any atom is 0.497 e. The predicted molar refractivity (Wildman–Crippen MR) is 69.7 cm³/mol. The lowest BCUT2D eigenvalue weighted by Gasteiger charge is -2.32. The van der Waals surface area contributed by atoms with Crippen LogP contribution in [0.25, 0.3) is 0 Å². The second-order valence-electron chi connectivity index (χ2n) is 6.04. The van der Waals surface area contributed by atoms with Gasteiger partial charge in [0.25, 0.3) is 0 Å². The van der Waals surface area contributed by atoms with Gasteiger partial charge in [-0.25, -0.2) is 0 Å². The van der Waals surface area contributed by atoms with Crippen molar-refractivity contribution in [3.05, 3.63) is 23.5 Å². The van der Waals surface area contributed by atoms with Crippen LogP contribution < -0.4 is 5.46 Å². The Morgan fingerprint density at radius 3 is 2.05 bits per heavy atom. The summed E-state index contributed by atoms with van der Waals surface area (Å²) in [5.41, 5.74) is -1.78. The molecule has 0 aromatic carbocycles. The van der Waals surface area contributed by atoms with Crippen molar-refractivity contribution in [1.82, 2.24) is 4.98 Å². The SMILES string of the molecule is Cc1cnc(C(F)(F)F)c(B2OC(C)(C)C(C)(C)O2)c1. The van der Waals surface area contributed by atoms with Crippen molar-refractivity contribution < 1.29 is 22.5 Å². The smallest absolute Gasteiger partial charge is 0.399 e.